The van der Waals surface area contributed by atoms with Crippen LogP contribution in [0.25, 0.3) is 17.0 Å². The summed E-state index contributed by atoms with van der Waals surface area (Å²) in [7, 11) is 0. The second kappa shape index (κ2) is 7.70. The van der Waals surface area contributed by atoms with E-state index in [1.807, 2.05) is 38.1 Å². The lowest BCUT2D eigenvalue weighted by Crippen LogP contribution is -2.04. The maximum atomic E-state index is 12.0. The van der Waals surface area contributed by atoms with Gasteiger partial charge in [0.05, 0.1) is 6.61 Å². The van der Waals surface area contributed by atoms with Crippen LogP contribution in [0.1, 0.15) is 18.1 Å². The van der Waals surface area contributed by atoms with Gasteiger partial charge in [0, 0.05) is 23.6 Å². The predicted molar refractivity (Wildman–Crippen MR) is 99.5 cm³/mol. The van der Waals surface area contributed by atoms with E-state index in [2.05, 4.69) is 0 Å². The van der Waals surface area contributed by atoms with Crippen molar-refractivity contribution in [3.8, 4) is 11.5 Å². The Morgan fingerprint density at radius 1 is 1.08 bits per heavy atom. The molecule has 3 rings (SSSR count). The van der Waals surface area contributed by atoms with Crippen LogP contribution in [0.4, 0.5) is 0 Å². The molecular weight excluding hydrogens is 332 g/mol. The second-order valence-corrected chi connectivity index (χ2v) is 5.66. The van der Waals surface area contributed by atoms with Gasteiger partial charge in [-0.3, -0.25) is 0 Å². The molecule has 0 aliphatic carbocycles. The van der Waals surface area contributed by atoms with Gasteiger partial charge in [0.25, 0.3) is 0 Å². The van der Waals surface area contributed by atoms with Crippen molar-refractivity contribution in [1.82, 2.24) is 0 Å². The Morgan fingerprint density at radius 3 is 2.54 bits per heavy atom. The van der Waals surface area contributed by atoms with E-state index in [-0.39, 0.29) is 0 Å². The monoisotopic (exact) mass is 350 g/mol. The molecule has 1 aromatic heterocycles. The number of carbonyl (C=O) groups excluding carboxylic acids is 1. The number of hydrogen-bond donors (Lipinski definition) is 0. The van der Waals surface area contributed by atoms with Gasteiger partial charge in [-0.25, -0.2) is 9.59 Å². The van der Waals surface area contributed by atoms with Crippen molar-refractivity contribution >= 4 is 23.0 Å². The van der Waals surface area contributed by atoms with Gasteiger partial charge in [0.2, 0.25) is 0 Å². The van der Waals surface area contributed by atoms with Crippen LogP contribution in [0, 0.1) is 6.92 Å². The Balaban J connectivity index is 1.71. The second-order valence-electron chi connectivity index (χ2n) is 5.66. The Labute approximate surface area is 150 Å². The van der Waals surface area contributed by atoms with Gasteiger partial charge in [0.1, 0.15) is 17.1 Å². The average molecular weight is 350 g/mol. The molecule has 0 saturated heterocycles. The van der Waals surface area contributed by atoms with E-state index >= 15 is 0 Å². The van der Waals surface area contributed by atoms with E-state index in [9.17, 15) is 9.59 Å². The number of ether oxygens (including phenoxy) is 2. The highest BCUT2D eigenvalue weighted by atomic mass is 16.5. The summed E-state index contributed by atoms with van der Waals surface area (Å²) in [5.74, 6) is 0.570. The molecular formula is C21H18O5. The summed E-state index contributed by atoms with van der Waals surface area (Å²) >= 11 is 0. The van der Waals surface area contributed by atoms with E-state index in [0.717, 1.165) is 22.3 Å². The summed E-state index contributed by atoms with van der Waals surface area (Å²) in [6.07, 6.45) is 3.00. The molecule has 1 heterocycles. The fourth-order valence-electron chi connectivity index (χ4n) is 2.53. The van der Waals surface area contributed by atoms with Crippen LogP contribution in [0.2, 0.25) is 0 Å². The summed E-state index contributed by atoms with van der Waals surface area (Å²) in [6.45, 7) is 4.35. The summed E-state index contributed by atoms with van der Waals surface area (Å²) < 4.78 is 15.8. The van der Waals surface area contributed by atoms with Gasteiger partial charge >= 0.3 is 11.6 Å². The van der Waals surface area contributed by atoms with Crippen molar-refractivity contribution in [2.75, 3.05) is 6.61 Å². The van der Waals surface area contributed by atoms with Crippen molar-refractivity contribution in [3.05, 3.63) is 76.2 Å². The largest absolute Gasteiger partial charge is 0.494 e. The summed E-state index contributed by atoms with van der Waals surface area (Å²) in [5, 5.41) is 0.800. The molecule has 0 unspecified atom stereocenters. The normalized spacial score (nSPS) is 11.0. The highest BCUT2D eigenvalue weighted by molar-refractivity contribution is 5.89. The average Bonchev–Trinajstić information content (AvgIpc) is 2.61. The molecule has 0 atom stereocenters. The molecule has 0 bridgehead atoms. The number of fused-ring (bicyclic) bond motifs is 1. The lowest BCUT2D eigenvalue weighted by molar-refractivity contribution is -0.128. The zero-order valence-electron chi connectivity index (χ0n) is 14.5. The maximum Gasteiger partial charge on any atom is 0.336 e. The van der Waals surface area contributed by atoms with E-state index < -0.39 is 11.6 Å². The maximum absolute atomic E-state index is 12.0. The molecule has 132 valence electrons. The van der Waals surface area contributed by atoms with Crippen LogP contribution in [0.3, 0.4) is 0 Å². The molecule has 0 radical (unpaired) electrons. The lowest BCUT2D eigenvalue weighted by atomic mass is 10.1. The Kier molecular flexibility index (Phi) is 5.17. The first-order valence-corrected chi connectivity index (χ1v) is 8.22. The van der Waals surface area contributed by atoms with Gasteiger partial charge < -0.3 is 13.9 Å². The van der Waals surface area contributed by atoms with E-state index in [4.69, 9.17) is 13.9 Å². The lowest BCUT2D eigenvalue weighted by Gasteiger charge is -2.04. The highest BCUT2D eigenvalue weighted by Crippen LogP contribution is 2.22. The number of benzene rings is 2. The van der Waals surface area contributed by atoms with E-state index in [1.54, 1.807) is 18.2 Å². The quantitative estimate of drug-likeness (QED) is 0.300. The standard InChI is InChI=1S/C21H18O5/c1-3-24-16-7-4-15(5-8-16)6-11-20(22)25-17-9-10-18-14(2)12-21(23)26-19(18)13-17/h4-13H,3H2,1-2H3/b11-6+. The molecule has 5 nitrogen and oxygen atoms in total. The molecule has 26 heavy (non-hydrogen) atoms. The van der Waals surface area contributed by atoms with Gasteiger partial charge in [-0.05, 0) is 55.3 Å². The number of rotatable bonds is 5. The van der Waals surface area contributed by atoms with Crippen molar-refractivity contribution in [2.45, 2.75) is 13.8 Å². The van der Waals surface area contributed by atoms with Gasteiger partial charge in [-0.15, -0.1) is 0 Å². The fourth-order valence-corrected chi connectivity index (χ4v) is 2.53. The summed E-state index contributed by atoms with van der Waals surface area (Å²) in [6, 6.07) is 13.7. The van der Waals surface area contributed by atoms with E-state index in [0.29, 0.717) is 17.9 Å². The Bertz CT molecular complexity index is 1010. The Morgan fingerprint density at radius 2 is 1.81 bits per heavy atom. The molecule has 0 fully saturated rings. The molecule has 0 spiro atoms. The molecule has 5 heteroatoms. The predicted octanol–water partition coefficient (Wildman–Crippen LogP) is 4.12. The molecule has 0 N–H and O–H groups in total. The Hall–Kier alpha value is -3.34. The third kappa shape index (κ3) is 4.19. The summed E-state index contributed by atoms with van der Waals surface area (Å²) in [4.78, 5) is 23.5. The van der Waals surface area contributed by atoms with Crippen LogP contribution < -0.4 is 15.1 Å². The smallest absolute Gasteiger partial charge is 0.336 e. The van der Waals surface area contributed by atoms with Gasteiger partial charge in [-0.1, -0.05) is 12.1 Å². The van der Waals surface area contributed by atoms with Crippen LogP contribution in [-0.2, 0) is 4.79 Å². The topological polar surface area (TPSA) is 65.7 Å². The zero-order valence-corrected chi connectivity index (χ0v) is 14.5. The van der Waals surface area contributed by atoms with Crippen molar-refractivity contribution in [2.24, 2.45) is 0 Å². The fraction of sp³-hybridized carbons (Fsp3) is 0.143. The molecule has 0 aliphatic heterocycles. The minimum Gasteiger partial charge on any atom is -0.494 e. The number of carbonyl (C=O) groups is 1. The first-order valence-electron chi connectivity index (χ1n) is 8.22. The highest BCUT2D eigenvalue weighted by Gasteiger charge is 2.06. The SMILES string of the molecule is CCOc1ccc(/C=C/C(=O)Oc2ccc3c(C)cc(=O)oc3c2)cc1. The minimum absolute atomic E-state index is 0.313. The molecule has 0 aliphatic rings. The summed E-state index contributed by atoms with van der Waals surface area (Å²) in [5.41, 5.74) is 1.61. The first kappa shape index (κ1) is 17.5. The number of hydrogen-bond acceptors (Lipinski definition) is 5. The van der Waals surface area contributed by atoms with Gasteiger partial charge in [0.15, 0.2) is 0 Å². The van der Waals surface area contributed by atoms with Crippen LogP contribution in [-0.4, -0.2) is 12.6 Å². The molecule has 2 aromatic carbocycles. The van der Waals surface area contributed by atoms with Crippen LogP contribution >= 0.6 is 0 Å². The van der Waals surface area contributed by atoms with Crippen molar-refractivity contribution in [1.29, 1.82) is 0 Å². The molecule has 3 aromatic rings. The first-order chi connectivity index (χ1) is 12.5. The minimum atomic E-state index is -0.520. The van der Waals surface area contributed by atoms with Crippen molar-refractivity contribution in [3.63, 3.8) is 0 Å². The number of aryl methyl sites for hydroxylation is 1. The van der Waals surface area contributed by atoms with Crippen LogP contribution in [0.5, 0.6) is 11.5 Å². The number of esters is 1. The molecule has 0 saturated carbocycles. The molecule has 0 amide bonds. The zero-order chi connectivity index (χ0) is 18.5. The van der Waals surface area contributed by atoms with Gasteiger partial charge in [-0.2, -0.15) is 0 Å². The van der Waals surface area contributed by atoms with Crippen LogP contribution in [0.15, 0.2) is 63.8 Å². The third-order valence-electron chi connectivity index (χ3n) is 3.74. The third-order valence-corrected chi connectivity index (χ3v) is 3.74. The van der Waals surface area contributed by atoms with Crippen molar-refractivity contribution < 1.29 is 18.7 Å². The van der Waals surface area contributed by atoms with E-state index in [1.165, 1.54) is 18.2 Å².